The molecule has 1 aliphatic heterocycles. The van der Waals surface area contributed by atoms with E-state index in [-0.39, 0.29) is 5.69 Å². The summed E-state index contributed by atoms with van der Waals surface area (Å²) >= 11 is 12.7. The van der Waals surface area contributed by atoms with E-state index in [1.165, 1.54) is 0 Å². The number of aryl methyl sites for hydroxylation is 2. The second-order valence-electron chi connectivity index (χ2n) is 4.05. The Kier molecular flexibility index (Phi) is 2.87. The second kappa shape index (κ2) is 4.18. The zero-order chi connectivity index (χ0) is 13.0. The first-order valence-electron chi connectivity index (χ1n) is 5.22. The lowest BCUT2D eigenvalue weighted by Gasteiger charge is -2.17. The van der Waals surface area contributed by atoms with Crippen LogP contribution in [0.2, 0.25) is 5.28 Å². The SMILES string of the molecule is O=[N+]([O-])c1c(Br)c(Br)c2c3c1nc(Cl)n3CCC2. The van der Waals surface area contributed by atoms with Crippen molar-refractivity contribution in [3.8, 4) is 0 Å². The molecule has 1 aromatic carbocycles. The fraction of sp³-hybridized carbons (Fsp3) is 0.300. The van der Waals surface area contributed by atoms with Gasteiger partial charge in [0.1, 0.15) is 4.47 Å². The normalized spacial score (nSPS) is 14.2. The van der Waals surface area contributed by atoms with Gasteiger partial charge >= 0.3 is 5.69 Å². The molecule has 8 heteroatoms. The first-order chi connectivity index (χ1) is 8.52. The summed E-state index contributed by atoms with van der Waals surface area (Å²) < 4.78 is 2.98. The fourth-order valence-corrected chi connectivity index (χ4v) is 3.75. The van der Waals surface area contributed by atoms with E-state index in [9.17, 15) is 10.1 Å². The lowest BCUT2D eigenvalue weighted by molar-refractivity contribution is -0.384. The maximum Gasteiger partial charge on any atom is 0.312 e. The van der Waals surface area contributed by atoms with Crippen molar-refractivity contribution in [3.05, 3.63) is 29.9 Å². The third-order valence-corrected chi connectivity index (χ3v) is 5.56. The van der Waals surface area contributed by atoms with Gasteiger partial charge in [-0.2, -0.15) is 0 Å². The number of hydrogen-bond donors (Lipinski definition) is 0. The van der Waals surface area contributed by atoms with Crippen molar-refractivity contribution >= 4 is 60.2 Å². The molecule has 1 aromatic heterocycles. The van der Waals surface area contributed by atoms with E-state index in [4.69, 9.17) is 11.6 Å². The molecule has 18 heavy (non-hydrogen) atoms. The van der Waals surface area contributed by atoms with E-state index in [1.807, 2.05) is 4.57 Å². The summed E-state index contributed by atoms with van der Waals surface area (Å²) in [6.45, 7) is 0.744. The highest BCUT2D eigenvalue weighted by Gasteiger charge is 2.30. The first kappa shape index (κ1) is 12.4. The number of rotatable bonds is 1. The third-order valence-electron chi connectivity index (χ3n) is 3.09. The largest absolute Gasteiger partial charge is 0.314 e. The molecule has 0 atom stereocenters. The number of imidazole rings is 1. The van der Waals surface area contributed by atoms with Gasteiger partial charge in [0.05, 0.1) is 10.4 Å². The predicted molar refractivity (Wildman–Crippen MR) is 75.1 cm³/mol. The van der Waals surface area contributed by atoms with Crippen molar-refractivity contribution in [2.24, 2.45) is 0 Å². The standard InChI is InChI=1S/C10H6Br2ClN3O2/c11-5-4-2-1-3-15-8(4)7(14-10(15)13)9(6(5)12)16(17)18/h1-3H2. The first-order valence-corrected chi connectivity index (χ1v) is 7.18. The van der Waals surface area contributed by atoms with Crippen LogP contribution in [0.25, 0.3) is 11.0 Å². The van der Waals surface area contributed by atoms with Crippen molar-refractivity contribution in [2.45, 2.75) is 19.4 Å². The molecule has 0 aliphatic carbocycles. The fourth-order valence-electron chi connectivity index (χ4n) is 2.35. The number of benzene rings is 1. The summed E-state index contributed by atoms with van der Waals surface area (Å²) in [6, 6.07) is 0. The van der Waals surface area contributed by atoms with Gasteiger partial charge in [-0.3, -0.25) is 10.1 Å². The molecule has 0 bridgehead atoms. The number of halogens is 3. The monoisotopic (exact) mass is 393 g/mol. The van der Waals surface area contributed by atoms with Crippen LogP contribution in [-0.4, -0.2) is 14.5 Å². The molecule has 94 valence electrons. The molecular formula is C10H6Br2ClN3O2. The molecule has 3 rings (SSSR count). The highest BCUT2D eigenvalue weighted by Crippen LogP contribution is 2.44. The summed E-state index contributed by atoms with van der Waals surface area (Å²) in [5, 5.41) is 11.5. The topological polar surface area (TPSA) is 61.0 Å². The van der Waals surface area contributed by atoms with Crippen LogP contribution in [0.4, 0.5) is 5.69 Å². The Bertz CT molecular complexity index is 698. The highest BCUT2D eigenvalue weighted by atomic mass is 79.9. The highest BCUT2D eigenvalue weighted by molar-refractivity contribution is 9.13. The average molecular weight is 395 g/mol. The van der Waals surface area contributed by atoms with Crippen molar-refractivity contribution < 1.29 is 4.92 Å². The van der Waals surface area contributed by atoms with Crippen LogP contribution in [0.1, 0.15) is 12.0 Å². The summed E-state index contributed by atoms with van der Waals surface area (Å²) in [6.07, 6.45) is 1.80. The summed E-state index contributed by atoms with van der Waals surface area (Å²) in [5.74, 6) is 0. The van der Waals surface area contributed by atoms with E-state index in [2.05, 4.69) is 36.8 Å². The van der Waals surface area contributed by atoms with E-state index in [1.54, 1.807) is 0 Å². The van der Waals surface area contributed by atoms with Crippen molar-refractivity contribution in [1.82, 2.24) is 9.55 Å². The molecule has 0 saturated heterocycles. The van der Waals surface area contributed by atoms with E-state index >= 15 is 0 Å². The zero-order valence-corrected chi connectivity index (χ0v) is 12.8. The van der Waals surface area contributed by atoms with Crippen LogP contribution in [0.3, 0.4) is 0 Å². The van der Waals surface area contributed by atoms with Gasteiger partial charge in [0.25, 0.3) is 0 Å². The van der Waals surface area contributed by atoms with Crippen LogP contribution >= 0.6 is 43.5 Å². The molecule has 0 radical (unpaired) electrons. The van der Waals surface area contributed by atoms with Crippen molar-refractivity contribution in [3.63, 3.8) is 0 Å². The molecule has 0 amide bonds. The summed E-state index contributed by atoms with van der Waals surface area (Å²) in [7, 11) is 0. The van der Waals surface area contributed by atoms with Gasteiger partial charge in [0.15, 0.2) is 5.52 Å². The zero-order valence-electron chi connectivity index (χ0n) is 8.91. The third kappa shape index (κ3) is 1.53. The molecular weight excluding hydrogens is 389 g/mol. The molecule has 0 fully saturated rings. The Morgan fingerprint density at radius 1 is 1.39 bits per heavy atom. The molecule has 0 spiro atoms. The van der Waals surface area contributed by atoms with Gasteiger partial charge in [0.2, 0.25) is 5.28 Å². The maximum atomic E-state index is 11.2. The predicted octanol–water partition coefficient (Wildman–Crippen LogP) is 4.07. The van der Waals surface area contributed by atoms with Crippen LogP contribution in [0.15, 0.2) is 8.95 Å². The van der Waals surface area contributed by atoms with Gasteiger partial charge in [-0.15, -0.1) is 0 Å². The number of nitrogens with zero attached hydrogens (tertiary/aromatic N) is 3. The Balaban J connectivity index is 2.56. The van der Waals surface area contributed by atoms with Gasteiger partial charge in [0, 0.05) is 11.0 Å². The van der Waals surface area contributed by atoms with Crippen molar-refractivity contribution in [2.75, 3.05) is 0 Å². The molecule has 2 aromatic rings. The average Bonchev–Trinajstić information content (AvgIpc) is 2.65. The minimum atomic E-state index is -0.434. The molecule has 0 N–H and O–H groups in total. The maximum absolute atomic E-state index is 11.2. The Morgan fingerprint density at radius 2 is 2.11 bits per heavy atom. The molecule has 5 nitrogen and oxygen atoms in total. The Labute approximate surface area is 124 Å². The van der Waals surface area contributed by atoms with Gasteiger partial charge in [-0.05, 0) is 61.9 Å². The molecule has 0 unspecified atom stereocenters. The lowest BCUT2D eigenvalue weighted by atomic mass is 10.0. The quantitative estimate of drug-likeness (QED) is 0.540. The summed E-state index contributed by atoms with van der Waals surface area (Å²) in [4.78, 5) is 14.9. The van der Waals surface area contributed by atoms with Crippen molar-refractivity contribution in [1.29, 1.82) is 0 Å². The van der Waals surface area contributed by atoms with Crippen LogP contribution in [0.5, 0.6) is 0 Å². The summed E-state index contributed by atoms with van der Waals surface area (Å²) in [5.41, 5.74) is 2.11. The van der Waals surface area contributed by atoms with Gasteiger partial charge < -0.3 is 4.57 Å². The second-order valence-corrected chi connectivity index (χ2v) is 5.97. The smallest absolute Gasteiger partial charge is 0.312 e. The van der Waals surface area contributed by atoms with Crippen LogP contribution < -0.4 is 0 Å². The number of aromatic nitrogens is 2. The molecule has 0 saturated carbocycles. The lowest BCUT2D eigenvalue weighted by Crippen LogP contribution is -2.09. The molecule has 2 heterocycles. The number of nitro groups is 1. The number of nitro benzene ring substituents is 1. The number of hydrogen-bond acceptors (Lipinski definition) is 3. The van der Waals surface area contributed by atoms with Gasteiger partial charge in [-0.1, -0.05) is 0 Å². The minimum Gasteiger partial charge on any atom is -0.314 e. The molecule has 1 aliphatic rings. The van der Waals surface area contributed by atoms with E-state index in [0.717, 1.165) is 34.9 Å². The Morgan fingerprint density at radius 3 is 2.78 bits per heavy atom. The van der Waals surface area contributed by atoms with Crippen LogP contribution in [0, 0.1) is 10.1 Å². The van der Waals surface area contributed by atoms with Crippen LogP contribution in [-0.2, 0) is 13.0 Å². The van der Waals surface area contributed by atoms with E-state index in [0.29, 0.717) is 15.3 Å². The van der Waals surface area contributed by atoms with Gasteiger partial charge in [-0.25, -0.2) is 4.98 Å². The Hall–Kier alpha value is -0.660. The van der Waals surface area contributed by atoms with E-state index < -0.39 is 4.92 Å². The minimum absolute atomic E-state index is 0.0387.